The van der Waals surface area contributed by atoms with Gasteiger partial charge in [0.05, 0.1) is 20.2 Å². The molecule has 7 nitrogen and oxygen atoms in total. The molecule has 0 saturated carbocycles. The molecule has 154 valence electrons. The van der Waals surface area contributed by atoms with E-state index in [9.17, 15) is 4.79 Å². The molecule has 2 aromatic rings. The zero-order valence-corrected chi connectivity index (χ0v) is 16.7. The summed E-state index contributed by atoms with van der Waals surface area (Å²) in [6, 6.07) is 15.7. The number of amides is 1. The number of anilines is 1. The third-order valence-electron chi connectivity index (χ3n) is 5.27. The first kappa shape index (κ1) is 19.4. The molecular weight excluding hydrogens is 370 g/mol. The molecule has 0 spiro atoms. The standard InChI is InChI=1S/C22H27N3O4/c1-27-18-8-6-17(7-9-18)25-12-10-24(11-13-25)15-22(26)23-14-19-16-28-20-4-2-3-5-21(20)29-19/h2-9,19H,10-16H2,1H3,(H,23,26)/t19-/m1/s1. The summed E-state index contributed by atoms with van der Waals surface area (Å²) in [7, 11) is 1.67. The second-order valence-electron chi connectivity index (χ2n) is 7.26. The topological polar surface area (TPSA) is 63.3 Å². The first-order chi connectivity index (χ1) is 14.2. The maximum absolute atomic E-state index is 12.3. The Labute approximate surface area is 171 Å². The van der Waals surface area contributed by atoms with Crippen LogP contribution < -0.4 is 24.4 Å². The Morgan fingerprint density at radius 2 is 1.79 bits per heavy atom. The molecular formula is C22H27N3O4. The van der Waals surface area contributed by atoms with E-state index in [1.807, 2.05) is 36.4 Å². The van der Waals surface area contributed by atoms with E-state index in [1.165, 1.54) is 5.69 Å². The summed E-state index contributed by atoms with van der Waals surface area (Å²) in [6.07, 6.45) is -0.166. The molecule has 1 N–H and O–H groups in total. The van der Waals surface area contributed by atoms with Gasteiger partial charge in [-0.25, -0.2) is 0 Å². The van der Waals surface area contributed by atoms with Crippen molar-refractivity contribution in [1.82, 2.24) is 10.2 Å². The quantitative estimate of drug-likeness (QED) is 0.802. The molecule has 29 heavy (non-hydrogen) atoms. The Morgan fingerprint density at radius 3 is 2.52 bits per heavy atom. The van der Waals surface area contributed by atoms with E-state index in [4.69, 9.17) is 14.2 Å². The van der Waals surface area contributed by atoms with Gasteiger partial charge in [-0.1, -0.05) is 12.1 Å². The minimum absolute atomic E-state index is 0.0188. The number of carbonyl (C=O) groups is 1. The summed E-state index contributed by atoms with van der Waals surface area (Å²) in [5.74, 6) is 2.36. The third kappa shape index (κ3) is 4.92. The fraction of sp³-hybridized carbons (Fsp3) is 0.409. The molecule has 1 fully saturated rings. The van der Waals surface area contributed by atoms with Crippen molar-refractivity contribution in [3.05, 3.63) is 48.5 Å². The number of piperazine rings is 1. The van der Waals surface area contributed by atoms with E-state index in [1.54, 1.807) is 7.11 Å². The molecule has 2 aromatic carbocycles. The lowest BCUT2D eigenvalue weighted by Gasteiger charge is -2.35. The van der Waals surface area contributed by atoms with Crippen LogP contribution in [0.3, 0.4) is 0 Å². The largest absolute Gasteiger partial charge is 0.497 e. The highest BCUT2D eigenvalue weighted by molar-refractivity contribution is 5.78. The Morgan fingerprint density at radius 1 is 1.07 bits per heavy atom. The summed E-state index contributed by atoms with van der Waals surface area (Å²) in [5.41, 5.74) is 1.18. The monoisotopic (exact) mass is 397 g/mol. The average molecular weight is 397 g/mol. The third-order valence-corrected chi connectivity index (χ3v) is 5.27. The molecule has 0 aliphatic carbocycles. The van der Waals surface area contributed by atoms with Crippen LogP contribution in [0.5, 0.6) is 17.2 Å². The van der Waals surface area contributed by atoms with E-state index in [-0.39, 0.29) is 12.0 Å². The maximum atomic E-state index is 12.3. The Kier molecular flexibility index (Phi) is 6.05. The zero-order valence-electron chi connectivity index (χ0n) is 16.7. The predicted molar refractivity (Wildman–Crippen MR) is 111 cm³/mol. The lowest BCUT2D eigenvalue weighted by molar-refractivity contribution is -0.122. The van der Waals surface area contributed by atoms with E-state index < -0.39 is 0 Å². The van der Waals surface area contributed by atoms with Gasteiger partial charge in [-0.05, 0) is 36.4 Å². The number of ether oxygens (including phenoxy) is 3. The van der Waals surface area contributed by atoms with Gasteiger partial charge in [0, 0.05) is 31.9 Å². The summed E-state index contributed by atoms with van der Waals surface area (Å²) in [6.45, 7) is 4.80. The van der Waals surface area contributed by atoms with Crippen LogP contribution in [-0.2, 0) is 4.79 Å². The Hall–Kier alpha value is -2.93. The fourth-order valence-corrected chi connectivity index (χ4v) is 3.61. The van der Waals surface area contributed by atoms with Gasteiger partial charge in [-0.15, -0.1) is 0 Å². The van der Waals surface area contributed by atoms with Crippen LogP contribution in [-0.4, -0.2) is 69.9 Å². The smallest absolute Gasteiger partial charge is 0.234 e. The lowest BCUT2D eigenvalue weighted by Crippen LogP contribution is -2.50. The fourth-order valence-electron chi connectivity index (χ4n) is 3.61. The van der Waals surface area contributed by atoms with Crippen LogP contribution in [0.15, 0.2) is 48.5 Å². The van der Waals surface area contributed by atoms with Crippen LogP contribution in [0.2, 0.25) is 0 Å². The summed E-state index contributed by atoms with van der Waals surface area (Å²) in [5, 5.41) is 2.97. The molecule has 2 heterocycles. The van der Waals surface area contributed by atoms with Gasteiger partial charge in [0.25, 0.3) is 0 Å². The lowest BCUT2D eigenvalue weighted by atomic mass is 10.2. The van der Waals surface area contributed by atoms with Crippen molar-refractivity contribution in [2.24, 2.45) is 0 Å². The number of methoxy groups -OCH3 is 1. The van der Waals surface area contributed by atoms with Crippen molar-refractivity contribution in [2.45, 2.75) is 6.10 Å². The number of para-hydroxylation sites is 2. The van der Waals surface area contributed by atoms with Gasteiger partial charge in [0.2, 0.25) is 5.91 Å². The second-order valence-corrected chi connectivity index (χ2v) is 7.26. The van der Waals surface area contributed by atoms with Crippen molar-refractivity contribution in [1.29, 1.82) is 0 Å². The molecule has 2 aliphatic rings. The highest BCUT2D eigenvalue weighted by atomic mass is 16.6. The number of nitrogens with zero attached hydrogens (tertiary/aromatic N) is 2. The second kappa shape index (κ2) is 9.05. The molecule has 7 heteroatoms. The Balaban J connectivity index is 1.18. The van der Waals surface area contributed by atoms with Gasteiger partial charge in [-0.2, -0.15) is 0 Å². The van der Waals surface area contributed by atoms with Crippen LogP contribution in [0, 0.1) is 0 Å². The number of benzene rings is 2. The molecule has 0 radical (unpaired) electrons. The molecule has 0 bridgehead atoms. The molecule has 0 unspecified atom stereocenters. The van der Waals surface area contributed by atoms with Gasteiger partial charge in [0.15, 0.2) is 11.5 Å². The van der Waals surface area contributed by atoms with E-state index in [0.29, 0.717) is 19.7 Å². The average Bonchev–Trinajstić information content (AvgIpc) is 2.78. The van der Waals surface area contributed by atoms with Crippen molar-refractivity contribution in [2.75, 3.05) is 57.9 Å². The molecule has 1 atom stereocenters. The van der Waals surface area contributed by atoms with Crippen LogP contribution in [0.4, 0.5) is 5.69 Å². The number of carbonyl (C=O) groups excluding carboxylic acids is 1. The van der Waals surface area contributed by atoms with Gasteiger partial charge in [0.1, 0.15) is 18.5 Å². The molecule has 1 amide bonds. The van der Waals surface area contributed by atoms with Crippen LogP contribution >= 0.6 is 0 Å². The first-order valence-corrected chi connectivity index (χ1v) is 9.98. The minimum atomic E-state index is -0.166. The molecule has 2 aliphatic heterocycles. The summed E-state index contributed by atoms with van der Waals surface area (Å²) in [4.78, 5) is 16.9. The number of rotatable bonds is 6. The van der Waals surface area contributed by atoms with Crippen molar-refractivity contribution < 1.29 is 19.0 Å². The molecule has 4 rings (SSSR count). The Bertz CT molecular complexity index is 819. The predicted octanol–water partition coefficient (Wildman–Crippen LogP) is 1.77. The van der Waals surface area contributed by atoms with E-state index in [2.05, 4.69) is 27.2 Å². The van der Waals surface area contributed by atoms with E-state index in [0.717, 1.165) is 43.4 Å². The normalized spacial score (nSPS) is 18.9. The SMILES string of the molecule is COc1ccc(N2CCN(CC(=O)NC[C@@H]3COc4ccccc4O3)CC2)cc1. The van der Waals surface area contributed by atoms with E-state index >= 15 is 0 Å². The molecule has 0 aromatic heterocycles. The maximum Gasteiger partial charge on any atom is 0.234 e. The molecule has 1 saturated heterocycles. The highest BCUT2D eigenvalue weighted by Crippen LogP contribution is 2.30. The van der Waals surface area contributed by atoms with Gasteiger partial charge < -0.3 is 24.4 Å². The summed E-state index contributed by atoms with van der Waals surface area (Å²) >= 11 is 0. The summed E-state index contributed by atoms with van der Waals surface area (Å²) < 4.78 is 16.8. The number of fused-ring (bicyclic) bond motifs is 1. The highest BCUT2D eigenvalue weighted by Gasteiger charge is 2.23. The number of hydrogen-bond acceptors (Lipinski definition) is 6. The number of hydrogen-bond donors (Lipinski definition) is 1. The van der Waals surface area contributed by atoms with Gasteiger partial charge in [-0.3, -0.25) is 9.69 Å². The van der Waals surface area contributed by atoms with Gasteiger partial charge >= 0.3 is 0 Å². The van der Waals surface area contributed by atoms with Crippen LogP contribution in [0.1, 0.15) is 0 Å². The minimum Gasteiger partial charge on any atom is -0.497 e. The zero-order chi connectivity index (χ0) is 20.1. The van der Waals surface area contributed by atoms with Crippen molar-refractivity contribution in [3.63, 3.8) is 0 Å². The van der Waals surface area contributed by atoms with Crippen molar-refractivity contribution in [3.8, 4) is 17.2 Å². The van der Waals surface area contributed by atoms with Crippen molar-refractivity contribution >= 4 is 11.6 Å². The number of nitrogens with one attached hydrogen (secondary N) is 1. The first-order valence-electron chi connectivity index (χ1n) is 9.98. The van der Waals surface area contributed by atoms with Crippen LogP contribution in [0.25, 0.3) is 0 Å².